The van der Waals surface area contributed by atoms with Crippen molar-refractivity contribution >= 4 is 17.7 Å². The number of nitrogens with zero attached hydrogens (tertiary/aromatic N) is 5. The van der Waals surface area contributed by atoms with E-state index in [0.29, 0.717) is 35.8 Å². The van der Waals surface area contributed by atoms with Crippen LogP contribution in [0.3, 0.4) is 0 Å². The summed E-state index contributed by atoms with van der Waals surface area (Å²) in [6.07, 6.45) is 3.53. The Hall–Kier alpha value is -3.42. The third-order valence-corrected chi connectivity index (χ3v) is 4.34. The normalized spacial score (nSPS) is 11.4. The molecule has 0 bridgehead atoms. The lowest BCUT2D eigenvalue weighted by Gasteiger charge is -2.08. The molecule has 0 fully saturated rings. The van der Waals surface area contributed by atoms with Gasteiger partial charge in [-0.1, -0.05) is 38.1 Å². The number of aromatic nitrogens is 5. The number of hydrogen-bond acceptors (Lipinski definition) is 7. The summed E-state index contributed by atoms with van der Waals surface area (Å²) in [7, 11) is 0. The summed E-state index contributed by atoms with van der Waals surface area (Å²) in [5.41, 5.74) is 8.63. The first-order chi connectivity index (χ1) is 13.6. The molecule has 0 unspecified atom stereocenters. The fourth-order valence-corrected chi connectivity index (χ4v) is 3.03. The Balaban J connectivity index is 1.42. The van der Waals surface area contributed by atoms with Gasteiger partial charge in [-0.05, 0) is 42.0 Å². The fourth-order valence-electron chi connectivity index (χ4n) is 3.03. The van der Waals surface area contributed by atoms with Crippen LogP contribution >= 0.6 is 0 Å². The van der Waals surface area contributed by atoms with Crippen LogP contribution in [0.1, 0.15) is 25.0 Å². The first kappa shape index (κ1) is 18.0. The summed E-state index contributed by atoms with van der Waals surface area (Å²) in [5, 5.41) is 7.50. The molecule has 28 heavy (non-hydrogen) atoms. The summed E-state index contributed by atoms with van der Waals surface area (Å²) in [6, 6.07) is 12.3. The summed E-state index contributed by atoms with van der Waals surface area (Å²) in [6.45, 7) is 5.15. The van der Waals surface area contributed by atoms with Crippen LogP contribution in [0.15, 0.2) is 47.1 Å². The van der Waals surface area contributed by atoms with Crippen LogP contribution in [-0.2, 0) is 12.8 Å². The highest BCUT2D eigenvalue weighted by Crippen LogP contribution is 2.17. The lowest BCUT2D eigenvalue weighted by Crippen LogP contribution is -2.12. The Morgan fingerprint density at radius 3 is 2.57 bits per heavy atom. The third-order valence-electron chi connectivity index (χ3n) is 4.34. The molecule has 1 aromatic carbocycles. The van der Waals surface area contributed by atoms with E-state index in [1.165, 1.54) is 15.6 Å². The van der Waals surface area contributed by atoms with Crippen LogP contribution in [0, 0.1) is 5.92 Å². The number of anilines is 2. The topological polar surface area (TPSA) is 107 Å². The molecule has 0 aliphatic rings. The average Bonchev–Trinajstić information content (AvgIpc) is 3.32. The smallest absolute Gasteiger partial charge is 0.259 e. The Bertz CT molecular complexity index is 1050. The number of hydrogen-bond donors (Lipinski definition) is 2. The van der Waals surface area contributed by atoms with E-state index in [9.17, 15) is 0 Å². The van der Waals surface area contributed by atoms with Crippen LogP contribution in [0.4, 0.5) is 11.9 Å². The number of benzene rings is 1. The Morgan fingerprint density at radius 1 is 1.07 bits per heavy atom. The zero-order valence-electron chi connectivity index (χ0n) is 16.0. The third kappa shape index (κ3) is 3.95. The van der Waals surface area contributed by atoms with Gasteiger partial charge in [0.15, 0.2) is 5.76 Å². The molecule has 0 atom stereocenters. The van der Waals surface area contributed by atoms with E-state index in [1.807, 2.05) is 0 Å². The molecule has 0 aliphatic heterocycles. The molecule has 0 radical (unpaired) electrons. The quantitative estimate of drug-likeness (QED) is 0.509. The number of nitrogens with one attached hydrogen (secondary N) is 1. The van der Waals surface area contributed by atoms with Crippen molar-refractivity contribution in [3.8, 4) is 11.6 Å². The van der Waals surface area contributed by atoms with Gasteiger partial charge in [0.2, 0.25) is 17.7 Å². The van der Waals surface area contributed by atoms with E-state index >= 15 is 0 Å². The minimum absolute atomic E-state index is 0.218. The molecule has 3 aromatic heterocycles. The maximum absolute atomic E-state index is 6.00. The van der Waals surface area contributed by atoms with E-state index in [2.05, 4.69) is 63.5 Å². The van der Waals surface area contributed by atoms with E-state index in [1.54, 1.807) is 18.4 Å². The van der Waals surface area contributed by atoms with Gasteiger partial charge in [-0.2, -0.15) is 19.5 Å². The van der Waals surface area contributed by atoms with Crippen molar-refractivity contribution in [3.05, 3.63) is 53.8 Å². The van der Waals surface area contributed by atoms with Crippen molar-refractivity contribution in [2.75, 3.05) is 17.6 Å². The van der Waals surface area contributed by atoms with Gasteiger partial charge >= 0.3 is 0 Å². The van der Waals surface area contributed by atoms with Crippen LogP contribution in [0.25, 0.3) is 17.4 Å². The number of nitrogen functional groups attached to an aromatic ring is 1. The van der Waals surface area contributed by atoms with Crippen LogP contribution in [0.5, 0.6) is 0 Å². The van der Waals surface area contributed by atoms with Crippen molar-refractivity contribution in [2.24, 2.45) is 5.92 Å². The number of furan rings is 1. The second kappa shape index (κ2) is 7.67. The molecule has 4 rings (SSSR count). The van der Waals surface area contributed by atoms with Gasteiger partial charge in [0, 0.05) is 6.54 Å². The van der Waals surface area contributed by atoms with Crippen LogP contribution < -0.4 is 11.1 Å². The predicted molar refractivity (Wildman–Crippen MR) is 108 cm³/mol. The van der Waals surface area contributed by atoms with Gasteiger partial charge in [-0.3, -0.25) is 0 Å². The summed E-state index contributed by atoms with van der Waals surface area (Å²) < 4.78 is 6.72. The summed E-state index contributed by atoms with van der Waals surface area (Å²) >= 11 is 0. The van der Waals surface area contributed by atoms with Crippen LogP contribution in [-0.4, -0.2) is 31.1 Å². The van der Waals surface area contributed by atoms with Crippen molar-refractivity contribution < 1.29 is 4.42 Å². The van der Waals surface area contributed by atoms with E-state index in [0.717, 1.165) is 12.8 Å². The van der Waals surface area contributed by atoms with Crippen molar-refractivity contribution in [1.82, 2.24) is 24.6 Å². The predicted octanol–water partition coefficient (Wildman–Crippen LogP) is 3.21. The molecule has 8 heteroatoms. The zero-order valence-corrected chi connectivity index (χ0v) is 16.0. The van der Waals surface area contributed by atoms with Gasteiger partial charge in [0.05, 0.1) is 6.26 Å². The van der Waals surface area contributed by atoms with Crippen molar-refractivity contribution in [1.29, 1.82) is 0 Å². The minimum Gasteiger partial charge on any atom is -0.461 e. The largest absolute Gasteiger partial charge is 0.461 e. The van der Waals surface area contributed by atoms with E-state index < -0.39 is 0 Å². The second-order valence-electron chi connectivity index (χ2n) is 7.12. The monoisotopic (exact) mass is 377 g/mol. The molecule has 0 aliphatic carbocycles. The Morgan fingerprint density at radius 2 is 1.86 bits per heavy atom. The number of rotatable bonds is 7. The second-order valence-corrected chi connectivity index (χ2v) is 7.12. The highest BCUT2D eigenvalue weighted by Gasteiger charge is 2.13. The molecular formula is C20H23N7O. The van der Waals surface area contributed by atoms with Gasteiger partial charge < -0.3 is 15.5 Å². The number of nitrogens with two attached hydrogens (primary N) is 1. The highest BCUT2D eigenvalue weighted by molar-refractivity contribution is 5.52. The van der Waals surface area contributed by atoms with Gasteiger partial charge in [0.25, 0.3) is 5.78 Å². The minimum atomic E-state index is 0.218. The Kier molecular flexibility index (Phi) is 4.92. The van der Waals surface area contributed by atoms with Gasteiger partial charge in [0.1, 0.15) is 0 Å². The molecule has 0 amide bonds. The number of fused-ring (bicyclic) bond motifs is 1. The first-order valence-corrected chi connectivity index (χ1v) is 9.34. The SMILES string of the molecule is CC(C)Cc1ccc(CCNc2nc(N)n3nc(-c4ccco4)nc3n2)cc1. The molecule has 8 nitrogen and oxygen atoms in total. The maximum Gasteiger partial charge on any atom is 0.259 e. The van der Waals surface area contributed by atoms with E-state index in [-0.39, 0.29) is 5.95 Å². The lowest BCUT2D eigenvalue weighted by atomic mass is 10.0. The maximum atomic E-state index is 6.00. The van der Waals surface area contributed by atoms with Crippen molar-refractivity contribution in [2.45, 2.75) is 26.7 Å². The van der Waals surface area contributed by atoms with Gasteiger partial charge in [-0.15, -0.1) is 5.10 Å². The average molecular weight is 377 g/mol. The molecule has 144 valence electrons. The summed E-state index contributed by atoms with van der Waals surface area (Å²) in [4.78, 5) is 13.0. The Labute approximate surface area is 162 Å². The molecule has 0 saturated heterocycles. The molecule has 0 saturated carbocycles. The summed E-state index contributed by atoms with van der Waals surface area (Å²) in [5.74, 6) is 2.66. The molecule has 4 aromatic rings. The molecule has 3 heterocycles. The van der Waals surface area contributed by atoms with Gasteiger partial charge in [-0.25, -0.2) is 0 Å². The molecule has 0 spiro atoms. The molecular weight excluding hydrogens is 354 g/mol. The van der Waals surface area contributed by atoms with E-state index in [4.69, 9.17) is 10.2 Å². The molecule has 3 N–H and O–H groups in total. The lowest BCUT2D eigenvalue weighted by molar-refractivity contribution is 0.577. The standard InChI is InChI=1S/C20H23N7O/c1-13(2)12-15-7-5-14(6-8-15)9-10-22-19-24-18(21)27-20(25-19)23-17(26-27)16-4-3-11-28-16/h3-8,11,13H,9-10,12H2,1-2H3,(H3,21,22,23,24,25,26). The zero-order chi connectivity index (χ0) is 19.5. The van der Waals surface area contributed by atoms with Crippen LogP contribution in [0.2, 0.25) is 0 Å². The fraction of sp³-hybridized carbons (Fsp3) is 0.300. The first-order valence-electron chi connectivity index (χ1n) is 9.34. The van der Waals surface area contributed by atoms with Crippen molar-refractivity contribution in [3.63, 3.8) is 0 Å². The highest BCUT2D eigenvalue weighted by atomic mass is 16.3.